The number of amides is 1. The quantitative estimate of drug-likeness (QED) is 0.840. The molecule has 0 saturated heterocycles. The molecule has 1 heterocycles. The van der Waals surface area contributed by atoms with E-state index in [0.717, 1.165) is 5.56 Å². The third-order valence-electron chi connectivity index (χ3n) is 4.36. The van der Waals surface area contributed by atoms with E-state index >= 15 is 0 Å². The number of carbonyl (C=O) groups excluding carboxylic acids is 1. The summed E-state index contributed by atoms with van der Waals surface area (Å²) in [5.74, 6) is -0.279. The number of fused-ring (bicyclic) bond motifs is 1. The predicted molar refractivity (Wildman–Crippen MR) is 97.4 cm³/mol. The van der Waals surface area contributed by atoms with Gasteiger partial charge in [0, 0.05) is 12.1 Å². The molecule has 3 rings (SSSR count). The number of rotatable bonds is 6. The maximum absolute atomic E-state index is 13.2. The molecule has 2 aromatic carbocycles. The number of methoxy groups -OCH3 is 1. The molecule has 7 nitrogen and oxygen atoms in total. The van der Waals surface area contributed by atoms with E-state index in [1.54, 1.807) is 12.1 Å². The third-order valence-corrected chi connectivity index (χ3v) is 4.36. The first kappa shape index (κ1) is 18.6. The molecule has 0 radical (unpaired) electrons. The number of carboxylic acids is 1. The van der Waals surface area contributed by atoms with E-state index in [2.05, 4.69) is 0 Å². The molecular weight excluding hydrogens is 350 g/mol. The van der Waals surface area contributed by atoms with Gasteiger partial charge in [0.2, 0.25) is 5.75 Å². The summed E-state index contributed by atoms with van der Waals surface area (Å²) in [4.78, 5) is 26.0. The maximum Gasteiger partial charge on any atom is 0.326 e. The average molecular weight is 371 g/mol. The largest absolute Gasteiger partial charge is 0.493 e. The molecule has 1 aliphatic rings. The van der Waals surface area contributed by atoms with Crippen LogP contribution in [0.25, 0.3) is 0 Å². The fourth-order valence-electron chi connectivity index (χ4n) is 2.86. The Labute approximate surface area is 157 Å². The second-order valence-electron chi connectivity index (χ2n) is 6.14. The number of nitrogens with zero attached hydrogens (tertiary/aromatic N) is 1. The molecule has 1 unspecified atom stereocenters. The van der Waals surface area contributed by atoms with Crippen LogP contribution in [-0.2, 0) is 11.3 Å². The van der Waals surface area contributed by atoms with Crippen LogP contribution in [0.5, 0.6) is 17.2 Å². The zero-order valence-corrected chi connectivity index (χ0v) is 15.2. The van der Waals surface area contributed by atoms with Crippen molar-refractivity contribution < 1.29 is 28.9 Å². The van der Waals surface area contributed by atoms with Crippen molar-refractivity contribution in [3.63, 3.8) is 0 Å². The summed E-state index contributed by atoms with van der Waals surface area (Å²) in [6, 6.07) is 11.3. The normalized spacial score (nSPS) is 13.6. The topological polar surface area (TPSA) is 85.3 Å². The minimum Gasteiger partial charge on any atom is -0.493 e. The Bertz CT molecular complexity index is 819. The zero-order chi connectivity index (χ0) is 19.4. The molecule has 0 saturated carbocycles. The molecule has 0 aliphatic carbocycles. The van der Waals surface area contributed by atoms with Gasteiger partial charge in [-0.05, 0) is 24.6 Å². The number of carbonyl (C=O) groups is 2. The van der Waals surface area contributed by atoms with Gasteiger partial charge in [-0.2, -0.15) is 0 Å². The first-order valence-electron chi connectivity index (χ1n) is 8.56. The van der Waals surface area contributed by atoms with Crippen LogP contribution in [0, 0.1) is 0 Å². The summed E-state index contributed by atoms with van der Waals surface area (Å²) >= 11 is 0. The van der Waals surface area contributed by atoms with E-state index in [0.29, 0.717) is 30.5 Å². The lowest BCUT2D eigenvalue weighted by atomic mass is 10.1. The summed E-state index contributed by atoms with van der Waals surface area (Å²) in [5.41, 5.74) is 1.11. The Morgan fingerprint density at radius 3 is 2.56 bits per heavy atom. The first-order valence-corrected chi connectivity index (χ1v) is 8.56. The molecule has 7 heteroatoms. The predicted octanol–water partition coefficient (Wildman–Crippen LogP) is 2.58. The molecule has 0 aromatic heterocycles. The van der Waals surface area contributed by atoms with Crippen molar-refractivity contribution in [3.05, 3.63) is 53.6 Å². The van der Waals surface area contributed by atoms with Gasteiger partial charge in [-0.15, -0.1) is 0 Å². The Balaban J connectivity index is 1.97. The highest BCUT2D eigenvalue weighted by molar-refractivity contribution is 5.97. The van der Waals surface area contributed by atoms with Crippen molar-refractivity contribution in [1.29, 1.82) is 0 Å². The van der Waals surface area contributed by atoms with Crippen molar-refractivity contribution in [2.75, 3.05) is 20.3 Å². The van der Waals surface area contributed by atoms with Crippen molar-refractivity contribution in [1.82, 2.24) is 4.90 Å². The molecule has 0 fully saturated rings. The second-order valence-corrected chi connectivity index (χ2v) is 6.14. The molecule has 1 atom stereocenters. The lowest BCUT2D eigenvalue weighted by molar-refractivity contribution is -0.141. The smallest absolute Gasteiger partial charge is 0.326 e. The molecule has 0 bridgehead atoms. The van der Waals surface area contributed by atoms with Gasteiger partial charge in [-0.1, -0.05) is 30.3 Å². The van der Waals surface area contributed by atoms with Crippen LogP contribution in [0.4, 0.5) is 0 Å². The highest BCUT2D eigenvalue weighted by Gasteiger charge is 2.29. The molecule has 1 aliphatic heterocycles. The molecule has 27 heavy (non-hydrogen) atoms. The van der Waals surface area contributed by atoms with E-state index < -0.39 is 17.9 Å². The summed E-state index contributed by atoms with van der Waals surface area (Å²) in [6.07, 6.45) is 0. The van der Waals surface area contributed by atoms with Crippen LogP contribution in [0.3, 0.4) is 0 Å². The average Bonchev–Trinajstić information content (AvgIpc) is 2.70. The molecule has 1 N–H and O–H groups in total. The second kappa shape index (κ2) is 7.99. The van der Waals surface area contributed by atoms with Crippen LogP contribution >= 0.6 is 0 Å². The monoisotopic (exact) mass is 371 g/mol. The Kier molecular flexibility index (Phi) is 5.49. The number of aliphatic carboxylic acids is 1. The summed E-state index contributed by atoms with van der Waals surface area (Å²) in [6.45, 7) is 2.42. The molecular formula is C20H21NO6. The highest BCUT2D eigenvalue weighted by Crippen LogP contribution is 2.40. The van der Waals surface area contributed by atoms with Gasteiger partial charge < -0.3 is 24.2 Å². The van der Waals surface area contributed by atoms with E-state index in [4.69, 9.17) is 14.2 Å². The fourth-order valence-corrected chi connectivity index (χ4v) is 2.86. The Morgan fingerprint density at radius 2 is 1.89 bits per heavy atom. The zero-order valence-electron chi connectivity index (χ0n) is 15.2. The molecule has 142 valence electrons. The fraction of sp³-hybridized carbons (Fsp3) is 0.300. The summed E-state index contributed by atoms with van der Waals surface area (Å²) in [5, 5.41) is 9.46. The van der Waals surface area contributed by atoms with E-state index in [9.17, 15) is 14.7 Å². The highest BCUT2D eigenvalue weighted by atomic mass is 16.6. The van der Waals surface area contributed by atoms with Crippen LogP contribution in [-0.4, -0.2) is 48.2 Å². The first-order chi connectivity index (χ1) is 13.0. The van der Waals surface area contributed by atoms with Gasteiger partial charge >= 0.3 is 5.97 Å². The molecule has 1 amide bonds. The van der Waals surface area contributed by atoms with Gasteiger partial charge in [0.05, 0.1) is 7.11 Å². The lowest BCUT2D eigenvalue weighted by Gasteiger charge is -2.28. The minimum atomic E-state index is -1.08. The molecule has 0 spiro atoms. The van der Waals surface area contributed by atoms with Crippen LogP contribution < -0.4 is 14.2 Å². The van der Waals surface area contributed by atoms with Crippen molar-refractivity contribution in [2.24, 2.45) is 0 Å². The van der Waals surface area contributed by atoms with Gasteiger partial charge in [-0.25, -0.2) is 4.79 Å². The van der Waals surface area contributed by atoms with E-state index in [1.807, 2.05) is 30.3 Å². The summed E-state index contributed by atoms with van der Waals surface area (Å²) in [7, 11) is 1.48. The van der Waals surface area contributed by atoms with Gasteiger partial charge in [0.25, 0.3) is 5.91 Å². The van der Waals surface area contributed by atoms with Crippen molar-refractivity contribution in [3.8, 4) is 17.2 Å². The van der Waals surface area contributed by atoms with Crippen LogP contribution in [0.15, 0.2) is 42.5 Å². The standard InChI is InChI=1S/C20H21NO6/c1-13(20(23)24)21(12-14-6-4-3-5-7-14)19(22)15-10-16(25-2)18-17(11-15)26-8-9-27-18/h3-7,10-11,13H,8-9,12H2,1-2H3,(H,23,24). The van der Waals surface area contributed by atoms with E-state index in [1.165, 1.54) is 18.9 Å². The number of ether oxygens (including phenoxy) is 3. The molecule has 2 aromatic rings. The van der Waals surface area contributed by atoms with Gasteiger partial charge in [0.1, 0.15) is 19.3 Å². The number of benzene rings is 2. The van der Waals surface area contributed by atoms with Crippen molar-refractivity contribution in [2.45, 2.75) is 19.5 Å². The van der Waals surface area contributed by atoms with Gasteiger partial charge in [0.15, 0.2) is 11.5 Å². The minimum absolute atomic E-state index is 0.171. The summed E-state index contributed by atoms with van der Waals surface area (Å²) < 4.78 is 16.4. The Hall–Kier alpha value is -3.22. The lowest BCUT2D eigenvalue weighted by Crippen LogP contribution is -2.42. The Morgan fingerprint density at radius 1 is 1.19 bits per heavy atom. The maximum atomic E-state index is 13.2. The SMILES string of the molecule is COc1cc(C(=O)N(Cc2ccccc2)C(C)C(=O)O)cc2c1OCCO2. The van der Waals surface area contributed by atoms with Crippen LogP contribution in [0.1, 0.15) is 22.8 Å². The number of hydrogen-bond acceptors (Lipinski definition) is 5. The number of carboxylic acid groups (broad SMARTS) is 1. The van der Waals surface area contributed by atoms with Crippen LogP contribution in [0.2, 0.25) is 0 Å². The number of hydrogen-bond donors (Lipinski definition) is 1. The van der Waals surface area contributed by atoms with E-state index in [-0.39, 0.29) is 12.1 Å². The van der Waals surface area contributed by atoms with Gasteiger partial charge in [-0.3, -0.25) is 4.79 Å². The van der Waals surface area contributed by atoms with Crippen molar-refractivity contribution >= 4 is 11.9 Å². The third kappa shape index (κ3) is 3.97.